The summed E-state index contributed by atoms with van der Waals surface area (Å²) in [6.45, 7) is 6.92. The van der Waals surface area contributed by atoms with Crippen LogP contribution >= 0.6 is 0 Å². The molecule has 3 nitrogen and oxygen atoms in total. The molecule has 0 saturated heterocycles. The fourth-order valence-corrected chi connectivity index (χ4v) is 10.1. The molecule has 0 saturated carbocycles. The molecule has 0 radical (unpaired) electrons. The van der Waals surface area contributed by atoms with E-state index in [0.717, 1.165) is 39.9 Å². The summed E-state index contributed by atoms with van der Waals surface area (Å²) >= 11 is 0. The van der Waals surface area contributed by atoms with Crippen LogP contribution in [0.1, 0.15) is 52.8 Å². The molecule has 268 valence electrons. The van der Waals surface area contributed by atoms with Crippen LogP contribution in [-0.4, -0.2) is 0 Å². The highest BCUT2D eigenvalue weighted by Crippen LogP contribution is 2.63. The minimum Gasteiger partial charge on any atom is -0.453 e. The highest BCUT2D eigenvalue weighted by Gasteiger charge is 2.47. The maximum absolute atomic E-state index is 6.64. The van der Waals surface area contributed by atoms with Crippen LogP contribution in [0.4, 0.5) is 34.1 Å². The Morgan fingerprint density at radius 2 is 1.07 bits per heavy atom. The highest BCUT2D eigenvalue weighted by atomic mass is 16.5. The van der Waals surface area contributed by atoms with Crippen LogP contribution in [0.5, 0.6) is 11.5 Å². The number of aryl methyl sites for hydroxylation is 1. The van der Waals surface area contributed by atoms with E-state index in [-0.39, 0.29) is 5.41 Å². The number of rotatable bonds is 5. The Morgan fingerprint density at radius 1 is 0.482 bits per heavy atom. The van der Waals surface area contributed by atoms with Gasteiger partial charge in [0.25, 0.3) is 0 Å². The third-order valence-electron chi connectivity index (χ3n) is 12.4. The zero-order chi connectivity index (χ0) is 37.6. The molecule has 8 aromatic carbocycles. The lowest BCUT2D eigenvalue weighted by atomic mass is 9.67. The Balaban J connectivity index is 1.20. The SMILES string of the molecule is Cc1cccc2c1N1c3cccc(N(c4ccccc4)c4ccc5c(c4)C(c4ccccc4)(c4ccccc4)c4ccccc4-5)c3C(C)(C)c3cccc(c31)O2. The first-order chi connectivity index (χ1) is 27.5. The van der Waals surface area contributed by atoms with E-state index >= 15 is 0 Å². The van der Waals surface area contributed by atoms with Crippen molar-refractivity contribution >= 4 is 34.1 Å². The van der Waals surface area contributed by atoms with E-state index in [1.54, 1.807) is 0 Å². The number of benzene rings is 8. The smallest absolute Gasteiger partial charge is 0.151 e. The second-order valence-electron chi connectivity index (χ2n) is 15.7. The number of hydrogen-bond donors (Lipinski definition) is 0. The zero-order valence-electron chi connectivity index (χ0n) is 31.7. The predicted molar refractivity (Wildman–Crippen MR) is 230 cm³/mol. The van der Waals surface area contributed by atoms with Crippen LogP contribution in [0.2, 0.25) is 0 Å². The van der Waals surface area contributed by atoms with Gasteiger partial charge in [-0.2, -0.15) is 0 Å². The quantitative estimate of drug-likeness (QED) is 0.176. The van der Waals surface area contributed by atoms with Crippen LogP contribution in [-0.2, 0) is 10.8 Å². The average molecular weight is 721 g/mol. The van der Waals surface area contributed by atoms with Gasteiger partial charge in [-0.05, 0) is 100.0 Å². The van der Waals surface area contributed by atoms with E-state index in [1.165, 1.54) is 55.8 Å². The Morgan fingerprint density at radius 3 is 1.80 bits per heavy atom. The summed E-state index contributed by atoms with van der Waals surface area (Å²) in [5.41, 5.74) is 17.2. The van der Waals surface area contributed by atoms with Gasteiger partial charge in [-0.15, -0.1) is 0 Å². The molecule has 8 aromatic rings. The fourth-order valence-electron chi connectivity index (χ4n) is 10.1. The molecule has 1 aliphatic carbocycles. The van der Waals surface area contributed by atoms with Crippen molar-refractivity contribution in [3.63, 3.8) is 0 Å². The van der Waals surface area contributed by atoms with Crippen LogP contribution in [0, 0.1) is 6.92 Å². The number of para-hydroxylation sites is 3. The summed E-state index contributed by atoms with van der Waals surface area (Å²) in [7, 11) is 0. The molecule has 3 aliphatic rings. The Labute approximate surface area is 328 Å². The number of anilines is 6. The molecule has 0 unspecified atom stereocenters. The second-order valence-corrected chi connectivity index (χ2v) is 15.7. The van der Waals surface area contributed by atoms with Gasteiger partial charge in [-0.3, -0.25) is 0 Å². The van der Waals surface area contributed by atoms with Gasteiger partial charge in [-0.1, -0.05) is 153 Å². The van der Waals surface area contributed by atoms with Gasteiger partial charge in [0.15, 0.2) is 11.5 Å². The van der Waals surface area contributed by atoms with Crippen LogP contribution in [0.15, 0.2) is 188 Å². The van der Waals surface area contributed by atoms with Gasteiger partial charge in [0.1, 0.15) is 0 Å². The number of hydrogen-bond acceptors (Lipinski definition) is 3. The van der Waals surface area contributed by atoms with Gasteiger partial charge in [-0.25, -0.2) is 0 Å². The maximum Gasteiger partial charge on any atom is 0.151 e. The second kappa shape index (κ2) is 12.1. The molecular weight excluding hydrogens is 681 g/mol. The fraction of sp³-hybridized carbons (Fsp3) is 0.0943. The molecule has 2 aliphatic heterocycles. The molecule has 3 heteroatoms. The van der Waals surface area contributed by atoms with E-state index in [0.29, 0.717) is 0 Å². The third kappa shape index (κ3) is 4.40. The summed E-state index contributed by atoms with van der Waals surface area (Å²) in [4.78, 5) is 4.94. The Kier molecular flexibility index (Phi) is 7.03. The maximum atomic E-state index is 6.64. The molecule has 11 rings (SSSR count). The summed E-state index contributed by atoms with van der Waals surface area (Å²) in [6, 6.07) is 68.8. The molecule has 0 fully saturated rings. The van der Waals surface area contributed by atoms with Crippen LogP contribution < -0.4 is 14.5 Å². The third-order valence-corrected chi connectivity index (χ3v) is 12.4. The molecule has 0 bridgehead atoms. The summed E-state index contributed by atoms with van der Waals surface area (Å²) < 4.78 is 6.64. The largest absolute Gasteiger partial charge is 0.453 e. The van der Waals surface area contributed by atoms with E-state index in [1.807, 2.05) is 0 Å². The van der Waals surface area contributed by atoms with Gasteiger partial charge >= 0.3 is 0 Å². The van der Waals surface area contributed by atoms with Crippen molar-refractivity contribution in [3.8, 4) is 22.6 Å². The number of nitrogens with zero attached hydrogens (tertiary/aromatic N) is 2. The first-order valence-corrected chi connectivity index (χ1v) is 19.5. The van der Waals surface area contributed by atoms with Gasteiger partial charge in [0.05, 0.1) is 28.2 Å². The summed E-state index contributed by atoms with van der Waals surface area (Å²) in [5.74, 6) is 1.77. The molecule has 0 atom stereocenters. The van der Waals surface area contributed by atoms with E-state index in [2.05, 4.69) is 219 Å². The Bertz CT molecular complexity index is 2790. The van der Waals surface area contributed by atoms with Crippen LogP contribution in [0.25, 0.3) is 11.1 Å². The molecule has 0 aromatic heterocycles. The van der Waals surface area contributed by atoms with Gasteiger partial charge < -0.3 is 14.5 Å². The first kappa shape index (κ1) is 32.6. The molecule has 0 spiro atoms. The van der Waals surface area contributed by atoms with Crippen molar-refractivity contribution in [2.75, 3.05) is 9.80 Å². The lowest BCUT2D eigenvalue weighted by Gasteiger charge is -2.47. The van der Waals surface area contributed by atoms with Crippen molar-refractivity contribution < 1.29 is 4.74 Å². The average Bonchev–Trinajstić information content (AvgIpc) is 3.54. The Hall–Kier alpha value is -6.84. The molecule has 56 heavy (non-hydrogen) atoms. The van der Waals surface area contributed by atoms with Crippen molar-refractivity contribution in [2.45, 2.75) is 31.6 Å². The van der Waals surface area contributed by atoms with Crippen molar-refractivity contribution in [1.82, 2.24) is 0 Å². The van der Waals surface area contributed by atoms with Gasteiger partial charge in [0.2, 0.25) is 0 Å². The standard InChI is InChI=1S/C53H40N2O/c1-35-18-15-30-47-50(35)55-46-29-17-28-45(49(46)52(2,3)43-27-16-31-48(56-47)51(43)55)54(38-23-11-6-12-24-38)39-32-33-41-40-25-13-14-26-42(40)53(44(41)34-39,36-19-7-4-8-20-36)37-21-9-5-10-22-37/h4-34H,1-3H3. The monoisotopic (exact) mass is 720 g/mol. The molecular formula is C53H40N2O. The highest BCUT2D eigenvalue weighted by molar-refractivity contribution is 5.98. The summed E-state index contributed by atoms with van der Waals surface area (Å²) in [5, 5.41) is 0. The molecule has 2 heterocycles. The van der Waals surface area contributed by atoms with Gasteiger partial charge in [0, 0.05) is 22.4 Å². The van der Waals surface area contributed by atoms with E-state index < -0.39 is 5.41 Å². The molecule has 0 N–H and O–H groups in total. The minimum absolute atomic E-state index is 0.366. The molecule has 0 amide bonds. The predicted octanol–water partition coefficient (Wildman–Crippen LogP) is 14.0. The normalized spacial score (nSPS) is 14.7. The zero-order valence-corrected chi connectivity index (χ0v) is 31.7. The topological polar surface area (TPSA) is 15.7 Å². The van der Waals surface area contributed by atoms with Crippen molar-refractivity contribution in [2.24, 2.45) is 0 Å². The summed E-state index contributed by atoms with van der Waals surface area (Å²) in [6.07, 6.45) is 0. The number of ether oxygens (including phenoxy) is 1. The van der Waals surface area contributed by atoms with E-state index in [9.17, 15) is 0 Å². The lowest BCUT2D eigenvalue weighted by molar-refractivity contribution is 0.471. The van der Waals surface area contributed by atoms with E-state index in [4.69, 9.17) is 4.74 Å². The van der Waals surface area contributed by atoms with Crippen molar-refractivity contribution in [1.29, 1.82) is 0 Å². The minimum atomic E-state index is -0.507. The first-order valence-electron chi connectivity index (χ1n) is 19.5. The lowest BCUT2D eigenvalue weighted by Crippen LogP contribution is -2.34. The van der Waals surface area contributed by atoms with Crippen molar-refractivity contribution in [3.05, 3.63) is 227 Å². The number of fused-ring (bicyclic) bond motifs is 7. The van der Waals surface area contributed by atoms with Crippen LogP contribution in [0.3, 0.4) is 0 Å².